The van der Waals surface area contributed by atoms with Gasteiger partial charge in [0.25, 0.3) is 0 Å². The fourth-order valence-corrected chi connectivity index (χ4v) is 4.54. The van der Waals surface area contributed by atoms with Gasteiger partial charge in [0.05, 0.1) is 17.6 Å². The molecule has 0 aromatic rings. The van der Waals surface area contributed by atoms with E-state index in [0.717, 1.165) is 32.6 Å². The Balaban J connectivity index is 1.90. The maximum atomic E-state index is 11.5. The summed E-state index contributed by atoms with van der Waals surface area (Å²) in [5.41, 5.74) is -0.423. The van der Waals surface area contributed by atoms with Gasteiger partial charge in [-0.25, -0.2) is 8.42 Å². The summed E-state index contributed by atoms with van der Waals surface area (Å²) < 4.78 is 22.9. The van der Waals surface area contributed by atoms with Crippen LogP contribution in [0.1, 0.15) is 20.3 Å². The van der Waals surface area contributed by atoms with Crippen molar-refractivity contribution < 1.29 is 8.42 Å². The number of rotatable bonds is 2. The van der Waals surface area contributed by atoms with E-state index in [4.69, 9.17) is 5.26 Å². The molecule has 2 aliphatic rings. The molecule has 2 heterocycles. The van der Waals surface area contributed by atoms with Gasteiger partial charge >= 0.3 is 0 Å². The fourth-order valence-electron chi connectivity index (χ4n) is 2.78. The maximum Gasteiger partial charge on any atom is 0.151 e. The lowest BCUT2D eigenvalue weighted by Crippen LogP contribution is -2.56. The minimum Gasteiger partial charge on any atom is -0.297 e. The van der Waals surface area contributed by atoms with Gasteiger partial charge < -0.3 is 0 Å². The first-order valence-corrected chi connectivity index (χ1v) is 8.27. The predicted octanol–water partition coefficient (Wildman–Crippen LogP) is 0.0933. The molecule has 0 spiro atoms. The fraction of sp³-hybridized carbons (Fsp3) is 0.917. The third-order valence-corrected chi connectivity index (χ3v) is 5.85. The van der Waals surface area contributed by atoms with Crippen molar-refractivity contribution in [3.8, 4) is 6.07 Å². The van der Waals surface area contributed by atoms with Crippen LogP contribution in [0.4, 0.5) is 0 Å². The van der Waals surface area contributed by atoms with Crippen LogP contribution in [0.5, 0.6) is 0 Å². The molecule has 2 aliphatic heterocycles. The first-order chi connectivity index (χ1) is 8.34. The summed E-state index contributed by atoms with van der Waals surface area (Å²) in [7, 11) is -2.80. The topological polar surface area (TPSA) is 64.4 Å². The number of hydrogen-bond donors (Lipinski definition) is 0. The zero-order valence-electron chi connectivity index (χ0n) is 11.1. The van der Waals surface area contributed by atoms with Crippen LogP contribution in [-0.2, 0) is 9.84 Å². The molecule has 0 radical (unpaired) electrons. The Morgan fingerprint density at radius 1 is 1.22 bits per heavy atom. The van der Waals surface area contributed by atoms with Gasteiger partial charge in [0.15, 0.2) is 9.84 Å². The zero-order valence-corrected chi connectivity index (χ0v) is 11.9. The largest absolute Gasteiger partial charge is 0.297 e. The van der Waals surface area contributed by atoms with Crippen LogP contribution in [0.2, 0.25) is 0 Å². The second-order valence-corrected chi connectivity index (χ2v) is 7.98. The molecule has 0 bridgehead atoms. The number of nitrogens with zero attached hydrogens (tertiary/aromatic N) is 3. The second-order valence-electron chi connectivity index (χ2n) is 5.75. The number of sulfone groups is 1. The number of hydrogen-bond acceptors (Lipinski definition) is 5. The van der Waals surface area contributed by atoms with Crippen LogP contribution in [-0.4, -0.2) is 67.5 Å². The van der Waals surface area contributed by atoms with Gasteiger partial charge in [-0.1, -0.05) is 0 Å². The molecule has 102 valence electrons. The molecule has 1 atom stereocenters. The summed E-state index contributed by atoms with van der Waals surface area (Å²) in [6, 6.07) is 2.52. The molecule has 1 unspecified atom stereocenters. The van der Waals surface area contributed by atoms with E-state index in [2.05, 4.69) is 15.9 Å². The van der Waals surface area contributed by atoms with Crippen molar-refractivity contribution in [2.24, 2.45) is 0 Å². The smallest absolute Gasteiger partial charge is 0.151 e. The van der Waals surface area contributed by atoms with Crippen molar-refractivity contribution in [1.82, 2.24) is 9.80 Å². The van der Waals surface area contributed by atoms with E-state index in [0.29, 0.717) is 11.5 Å². The summed E-state index contributed by atoms with van der Waals surface area (Å²) in [6.07, 6.45) is 0.768. The van der Waals surface area contributed by atoms with Crippen molar-refractivity contribution in [3.05, 3.63) is 0 Å². The molecule has 0 N–H and O–H groups in total. The van der Waals surface area contributed by atoms with E-state index in [1.54, 1.807) is 0 Å². The first kappa shape index (κ1) is 13.8. The molecule has 2 saturated heterocycles. The monoisotopic (exact) mass is 271 g/mol. The van der Waals surface area contributed by atoms with E-state index < -0.39 is 15.4 Å². The highest BCUT2D eigenvalue weighted by Crippen LogP contribution is 2.22. The molecule has 2 rings (SSSR count). The van der Waals surface area contributed by atoms with Crippen LogP contribution >= 0.6 is 0 Å². The van der Waals surface area contributed by atoms with Gasteiger partial charge in [0.1, 0.15) is 5.54 Å². The highest BCUT2D eigenvalue weighted by molar-refractivity contribution is 7.91. The third kappa shape index (κ3) is 2.85. The zero-order chi connectivity index (χ0) is 13.4. The quantitative estimate of drug-likeness (QED) is 0.712. The highest BCUT2D eigenvalue weighted by Gasteiger charge is 2.36. The number of piperazine rings is 1. The molecule has 0 saturated carbocycles. The Labute approximate surface area is 109 Å². The van der Waals surface area contributed by atoms with E-state index in [-0.39, 0.29) is 6.04 Å². The molecule has 5 nitrogen and oxygen atoms in total. The molecule has 2 fully saturated rings. The Morgan fingerprint density at radius 2 is 1.83 bits per heavy atom. The Kier molecular flexibility index (Phi) is 3.67. The Morgan fingerprint density at radius 3 is 2.28 bits per heavy atom. The van der Waals surface area contributed by atoms with Gasteiger partial charge in [0, 0.05) is 32.2 Å². The van der Waals surface area contributed by atoms with Gasteiger partial charge in [-0.05, 0) is 20.3 Å². The first-order valence-electron chi connectivity index (χ1n) is 6.45. The molecule has 0 aromatic carbocycles. The lowest BCUT2D eigenvalue weighted by Gasteiger charge is -2.42. The van der Waals surface area contributed by atoms with Gasteiger partial charge in [-0.15, -0.1) is 0 Å². The highest BCUT2D eigenvalue weighted by atomic mass is 32.2. The van der Waals surface area contributed by atoms with Crippen LogP contribution in [0.3, 0.4) is 0 Å². The summed E-state index contributed by atoms with van der Waals surface area (Å²) >= 11 is 0. The normalized spacial score (nSPS) is 30.2. The molecular weight excluding hydrogens is 250 g/mol. The van der Waals surface area contributed by atoms with Crippen LogP contribution < -0.4 is 0 Å². The summed E-state index contributed by atoms with van der Waals surface area (Å²) in [4.78, 5) is 4.45. The maximum absolute atomic E-state index is 11.5. The summed E-state index contributed by atoms with van der Waals surface area (Å²) in [5, 5.41) is 9.11. The van der Waals surface area contributed by atoms with Crippen LogP contribution in [0, 0.1) is 11.3 Å². The lowest BCUT2D eigenvalue weighted by molar-refractivity contribution is 0.0620. The van der Waals surface area contributed by atoms with Crippen LogP contribution in [0.25, 0.3) is 0 Å². The summed E-state index contributed by atoms with van der Waals surface area (Å²) in [5.74, 6) is 0.649. The minimum atomic E-state index is -2.80. The Bertz CT molecular complexity index is 444. The van der Waals surface area contributed by atoms with Crippen molar-refractivity contribution in [3.63, 3.8) is 0 Å². The van der Waals surface area contributed by atoms with Gasteiger partial charge in [-0.3, -0.25) is 9.80 Å². The second kappa shape index (κ2) is 4.80. The van der Waals surface area contributed by atoms with Crippen molar-refractivity contribution in [2.45, 2.75) is 31.8 Å². The lowest BCUT2D eigenvalue weighted by atomic mass is 10.0. The van der Waals surface area contributed by atoms with Crippen molar-refractivity contribution in [1.29, 1.82) is 5.26 Å². The molecule has 0 aromatic heterocycles. The third-order valence-electron chi connectivity index (χ3n) is 4.10. The average molecular weight is 271 g/mol. The standard InChI is InChI=1S/C12H21N3O2S/c1-12(2,10-13)15-6-4-14(5-7-15)11-3-8-18(16,17)9-11/h11H,3-9H2,1-2H3. The molecule has 18 heavy (non-hydrogen) atoms. The average Bonchev–Trinajstić information content (AvgIpc) is 2.70. The van der Waals surface area contributed by atoms with Crippen molar-refractivity contribution >= 4 is 9.84 Å². The molecular formula is C12H21N3O2S. The molecule has 0 amide bonds. The minimum absolute atomic E-state index is 0.197. The van der Waals surface area contributed by atoms with E-state index in [1.165, 1.54) is 0 Å². The SMILES string of the molecule is CC(C)(C#N)N1CCN(C2CCS(=O)(=O)C2)CC1. The summed E-state index contributed by atoms with van der Waals surface area (Å²) in [6.45, 7) is 7.29. The van der Waals surface area contributed by atoms with Gasteiger partial charge in [-0.2, -0.15) is 5.26 Å². The molecule has 6 heteroatoms. The van der Waals surface area contributed by atoms with E-state index in [1.807, 2.05) is 13.8 Å². The number of nitriles is 1. The van der Waals surface area contributed by atoms with Gasteiger partial charge in [0.2, 0.25) is 0 Å². The predicted molar refractivity (Wildman–Crippen MR) is 69.9 cm³/mol. The van der Waals surface area contributed by atoms with Crippen molar-refractivity contribution in [2.75, 3.05) is 37.7 Å². The van der Waals surface area contributed by atoms with Crippen LogP contribution in [0.15, 0.2) is 0 Å². The van der Waals surface area contributed by atoms with E-state index >= 15 is 0 Å². The Hall–Kier alpha value is -0.640. The van der Waals surface area contributed by atoms with E-state index in [9.17, 15) is 8.42 Å². The molecule has 0 aliphatic carbocycles.